The summed E-state index contributed by atoms with van der Waals surface area (Å²) >= 11 is 5.85. The van der Waals surface area contributed by atoms with Crippen LogP contribution in [-0.2, 0) is 11.3 Å². The van der Waals surface area contributed by atoms with Gasteiger partial charge in [-0.15, -0.1) is 0 Å². The molecule has 0 aliphatic carbocycles. The minimum atomic E-state index is -0.301. The van der Waals surface area contributed by atoms with Crippen LogP contribution in [0, 0.1) is 0 Å². The molecule has 1 heterocycles. The molecule has 6 heteroatoms. The van der Waals surface area contributed by atoms with Gasteiger partial charge in [0, 0.05) is 34.3 Å². The van der Waals surface area contributed by atoms with Gasteiger partial charge in [-0.2, -0.15) is 0 Å². The van der Waals surface area contributed by atoms with Gasteiger partial charge in [-0.25, -0.2) is 0 Å². The van der Waals surface area contributed by atoms with E-state index < -0.39 is 0 Å². The Morgan fingerprint density at radius 3 is 2.35 bits per heavy atom. The molecule has 0 saturated carbocycles. The number of benzene rings is 3. The average Bonchev–Trinajstić information content (AvgIpc) is 2.82. The van der Waals surface area contributed by atoms with Gasteiger partial charge in [0.15, 0.2) is 0 Å². The zero-order valence-electron chi connectivity index (χ0n) is 16.6. The molecule has 4 aromatic rings. The molecule has 0 fully saturated rings. The van der Waals surface area contributed by atoms with Crippen LogP contribution in [0.5, 0.6) is 0 Å². The maximum absolute atomic E-state index is 12.4. The number of para-hydroxylation sites is 1. The predicted octanol–water partition coefficient (Wildman–Crippen LogP) is 4.60. The Morgan fingerprint density at radius 2 is 1.58 bits per heavy atom. The van der Waals surface area contributed by atoms with Gasteiger partial charge in [0.1, 0.15) is 0 Å². The number of hydrogen-bond acceptors (Lipinski definition) is 3. The maximum atomic E-state index is 12.4. The Hall–Kier alpha value is -3.70. The van der Waals surface area contributed by atoms with Crippen molar-refractivity contribution in [2.75, 3.05) is 6.54 Å². The standard InChI is InChI=1S/C25H20ClN3O2/c26-22-11-5-17(6-12-22)14-28-24(30)16-29-25(31)19-9-7-18(8-10-19)21-13-20-3-1-2-4-23(20)27-15-21/h1-13,15H,14,16H2,(H,28,30)(H,29,31). The summed E-state index contributed by atoms with van der Waals surface area (Å²) in [6.07, 6.45) is 1.82. The fourth-order valence-electron chi connectivity index (χ4n) is 3.17. The monoisotopic (exact) mass is 429 g/mol. The molecule has 31 heavy (non-hydrogen) atoms. The quantitative estimate of drug-likeness (QED) is 0.470. The van der Waals surface area contributed by atoms with Crippen LogP contribution < -0.4 is 10.6 Å². The largest absolute Gasteiger partial charge is 0.350 e. The highest BCUT2D eigenvalue weighted by molar-refractivity contribution is 6.30. The van der Waals surface area contributed by atoms with Crippen molar-refractivity contribution in [3.05, 3.63) is 101 Å². The molecule has 2 amide bonds. The van der Waals surface area contributed by atoms with E-state index in [-0.39, 0.29) is 18.4 Å². The number of carbonyl (C=O) groups is 2. The molecule has 0 atom stereocenters. The molecule has 0 radical (unpaired) electrons. The normalized spacial score (nSPS) is 10.6. The maximum Gasteiger partial charge on any atom is 0.251 e. The highest BCUT2D eigenvalue weighted by atomic mass is 35.5. The summed E-state index contributed by atoms with van der Waals surface area (Å²) in [4.78, 5) is 28.8. The minimum absolute atomic E-state index is 0.0945. The van der Waals surface area contributed by atoms with Gasteiger partial charge in [0.05, 0.1) is 12.1 Å². The average molecular weight is 430 g/mol. The number of nitrogens with one attached hydrogen (secondary N) is 2. The first-order valence-corrected chi connectivity index (χ1v) is 10.2. The number of fused-ring (bicyclic) bond motifs is 1. The second-order valence-electron chi connectivity index (χ2n) is 7.08. The van der Waals surface area contributed by atoms with E-state index >= 15 is 0 Å². The number of amides is 2. The number of pyridine rings is 1. The lowest BCUT2D eigenvalue weighted by Crippen LogP contribution is -2.36. The number of hydrogen-bond donors (Lipinski definition) is 2. The summed E-state index contributed by atoms with van der Waals surface area (Å²) in [5, 5.41) is 7.12. The number of carbonyl (C=O) groups excluding carboxylic acids is 2. The smallest absolute Gasteiger partial charge is 0.251 e. The van der Waals surface area contributed by atoms with Crippen molar-refractivity contribution in [2.24, 2.45) is 0 Å². The van der Waals surface area contributed by atoms with E-state index in [1.165, 1.54) is 0 Å². The number of rotatable bonds is 6. The Kier molecular flexibility index (Phi) is 6.24. The molecular weight excluding hydrogens is 410 g/mol. The van der Waals surface area contributed by atoms with E-state index in [0.717, 1.165) is 27.6 Å². The van der Waals surface area contributed by atoms with Gasteiger partial charge < -0.3 is 10.6 Å². The van der Waals surface area contributed by atoms with Crippen molar-refractivity contribution in [3.8, 4) is 11.1 Å². The van der Waals surface area contributed by atoms with Crippen molar-refractivity contribution in [1.29, 1.82) is 0 Å². The molecule has 5 nitrogen and oxygen atoms in total. The Balaban J connectivity index is 1.32. The van der Waals surface area contributed by atoms with Gasteiger partial charge in [-0.05, 0) is 47.5 Å². The second-order valence-corrected chi connectivity index (χ2v) is 7.52. The van der Waals surface area contributed by atoms with Crippen LogP contribution >= 0.6 is 11.6 Å². The lowest BCUT2D eigenvalue weighted by atomic mass is 10.0. The summed E-state index contributed by atoms with van der Waals surface area (Å²) in [6.45, 7) is 0.281. The summed E-state index contributed by atoms with van der Waals surface area (Å²) in [5.74, 6) is -0.563. The van der Waals surface area contributed by atoms with Crippen LogP contribution in [-0.4, -0.2) is 23.3 Å². The Labute approximate surface area is 185 Å². The highest BCUT2D eigenvalue weighted by Gasteiger charge is 2.09. The number of aromatic nitrogens is 1. The van der Waals surface area contributed by atoms with Crippen LogP contribution in [0.2, 0.25) is 5.02 Å². The third-order valence-corrected chi connectivity index (χ3v) is 5.14. The zero-order valence-corrected chi connectivity index (χ0v) is 17.4. The second kappa shape index (κ2) is 9.41. The van der Waals surface area contributed by atoms with E-state index in [1.807, 2.05) is 54.7 Å². The van der Waals surface area contributed by atoms with Crippen LogP contribution in [0.25, 0.3) is 22.0 Å². The molecule has 1 aromatic heterocycles. The first-order chi connectivity index (χ1) is 15.1. The molecule has 4 rings (SSSR count). The van der Waals surface area contributed by atoms with E-state index in [2.05, 4.69) is 21.7 Å². The molecule has 0 aliphatic heterocycles. The fourth-order valence-corrected chi connectivity index (χ4v) is 3.30. The number of halogens is 1. The molecular formula is C25H20ClN3O2. The third-order valence-electron chi connectivity index (χ3n) is 4.88. The molecule has 0 spiro atoms. The van der Waals surface area contributed by atoms with E-state index in [4.69, 9.17) is 11.6 Å². The van der Waals surface area contributed by atoms with Crippen LogP contribution in [0.4, 0.5) is 0 Å². The SMILES string of the molecule is O=C(CNC(=O)c1ccc(-c2cnc3ccccc3c2)cc1)NCc1ccc(Cl)cc1. The van der Waals surface area contributed by atoms with Crippen molar-refractivity contribution < 1.29 is 9.59 Å². The van der Waals surface area contributed by atoms with Gasteiger partial charge in [0.25, 0.3) is 5.91 Å². The van der Waals surface area contributed by atoms with Crippen molar-refractivity contribution in [3.63, 3.8) is 0 Å². The summed E-state index contributed by atoms with van der Waals surface area (Å²) in [7, 11) is 0. The minimum Gasteiger partial charge on any atom is -0.350 e. The fraction of sp³-hybridized carbons (Fsp3) is 0.0800. The van der Waals surface area contributed by atoms with E-state index in [1.54, 1.807) is 24.3 Å². The summed E-state index contributed by atoms with van der Waals surface area (Å²) in [6, 6.07) is 24.4. The molecule has 0 unspecified atom stereocenters. The molecule has 154 valence electrons. The van der Waals surface area contributed by atoms with Gasteiger partial charge in [-0.3, -0.25) is 14.6 Å². The Bertz CT molecular complexity index is 1220. The Morgan fingerprint density at radius 1 is 0.839 bits per heavy atom. The lowest BCUT2D eigenvalue weighted by Gasteiger charge is -2.08. The topological polar surface area (TPSA) is 71.1 Å². The summed E-state index contributed by atoms with van der Waals surface area (Å²) in [5.41, 5.74) is 4.31. The summed E-state index contributed by atoms with van der Waals surface area (Å²) < 4.78 is 0. The van der Waals surface area contributed by atoms with Crippen LogP contribution in [0.1, 0.15) is 15.9 Å². The van der Waals surface area contributed by atoms with Crippen LogP contribution in [0.3, 0.4) is 0 Å². The van der Waals surface area contributed by atoms with Crippen molar-refractivity contribution >= 4 is 34.3 Å². The van der Waals surface area contributed by atoms with E-state index in [9.17, 15) is 9.59 Å². The molecule has 0 saturated heterocycles. The highest BCUT2D eigenvalue weighted by Crippen LogP contribution is 2.23. The molecule has 0 aliphatic rings. The lowest BCUT2D eigenvalue weighted by molar-refractivity contribution is -0.120. The molecule has 2 N–H and O–H groups in total. The first-order valence-electron chi connectivity index (χ1n) is 9.83. The van der Waals surface area contributed by atoms with Crippen molar-refractivity contribution in [2.45, 2.75) is 6.54 Å². The van der Waals surface area contributed by atoms with Crippen LogP contribution in [0.15, 0.2) is 85.1 Å². The van der Waals surface area contributed by atoms with E-state index in [0.29, 0.717) is 17.1 Å². The van der Waals surface area contributed by atoms with Crippen molar-refractivity contribution in [1.82, 2.24) is 15.6 Å². The molecule has 0 bridgehead atoms. The third kappa shape index (κ3) is 5.27. The first kappa shape index (κ1) is 20.6. The molecule has 3 aromatic carbocycles. The van der Waals surface area contributed by atoms with Gasteiger partial charge in [0.2, 0.25) is 5.91 Å². The zero-order chi connectivity index (χ0) is 21.6. The van der Waals surface area contributed by atoms with Gasteiger partial charge >= 0.3 is 0 Å². The predicted molar refractivity (Wildman–Crippen MR) is 123 cm³/mol. The van der Waals surface area contributed by atoms with Gasteiger partial charge in [-0.1, -0.05) is 54.1 Å². The number of nitrogens with zero attached hydrogens (tertiary/aromatic N) is 1.